The van der Waals surface area contributed by atoms with Gasteiger partial charge in [0.15, 0.2) is 29.5 Å². The van der Waals surface area contributed by atoms with Gasteiger partial charge < -0.3 is 29.0 Å². The molecule has 3 aromatic rings. The van der Waals surface area contributed by atoms with Crippen molar-refractivity contribution in [3.8, 4) is 23.0 Å². The summed E-state index contributed by atoms with van der Waals surface area (Å²) in [6.45, 7) is 4.09. The Morgan fingerprint density at radius 2 is 1.88 bits per heavy atom. The molecule has 0 aliphatic heterocycles. The number of halogens is 4. The van der Waals surface area contributed by atoms with Gasteiger partial charge in [-0.25, -0.2) is 4.39 Å². The van der Waals surface area contributed by atoms with Gasteiger partial charge >= 0.3 is 6.18 Å². The van der Waals surface area contributed by atoms with Gasteiger partial charge in [-0.2, -0.15) is 18.3 Å². The minimum absolute atomic E-state index is 0.0857. The number of benzene rings is 2. The summed E-state index contributed by atoms with van der Waals surface area (Å²) in [5, 5.41) is 6.37. The topological polar surface area (TPSA) is 105 Å². The molecule has 0 bridgehead atoms. The van der Waals surface area contributed by atoms with Crippen molar-refractivity contribution >= 4 is 29.8 Å². The van der Waals surface area contributed by atoms with Crippen molar-refractivity contribution in [3.63, 3.8) is 0 Å². The van der Waals surface area contributed by atoms with Gasteiger partial charge in [0.1, 0.15) is 17.3 Å². The van der Waals surface area contributed by atoms with Gasteiger partial charge in [-0.3, -0.25) is 14.5 Å². The van der Waals surface area contributed by atoms with Crippen LogP contribution in [0, 0.1) is 5.82 Å². The molecule has 1 aliphatic carbocycles. The van der Waals surface area contributed by atoms with E-state index < -0.39 is 36.0 Å². The van der Waals surface area contributed by atoms with Gasteiger partial charge in [0, 0.05) is 17.7 Å². The molecule has 1 aromatic heterocycles. The number of ether oxygens (including phenoxy) is 5. The molecule has 230 valence electrons. The Balaban J connectivity index is 1.50. The molecule has 43 heavy (non-hydrogen) atoms. The molecule has 10 nitrogen and oxygen atoms in total. The molecule has 1 fully saturated rings. The molecule has 0 spiro atoms. The number of carbonyl (C=O) groups excluding carboxylic acids is 1. The lowest BCUT2D eigenvalue weighted by Crippen LogP contribution is -2.21. The number of hydrogen-bond acceptors (Lipinski definition) is 8. The van der Waals surface area contributed by atoms with Crippen LogP contribution in [0.15, 0.2) is 47.6 Å². The van der Waals surface area contributed by atoms with Crippen LogP contribution in [0.5, 0.6) is 23.0 Å². The monoisotopic (exact) mass is 606 g/mol. The van der Waals surface area contributed by atoms with E-state index in [1.807, 2.05) is 0 Å². The summed E-state index contributed by atoms with van der Waals surface area (Å²) in [4.78, 5) is 17.0. The summed E-state index contributed by atoms with van der Waals surface area (Å²) >= 11 is 0. The van der Waals surface area contributed by atoms with Gasteiger partial charge in [-0.15, -0.1) is 0 Å². The van der Waals surface area contributed by atoms with E-state index in [4.69, 9.17) is 23.7 Å². The summed E-state index contributed by atoms with van der Waals surface area (Å²) in [5.41, 5.74) is 0.228. The lowest BCUT2D eigenvalue weighted by molar-refractivity contribution is -0.153. The average Bonchev–Trinajstić information content (AvgIpc) is 3.71. The van der Waals surface area contributed by atoms with Gasteiger partial charge in [-0.05, 0) is 50.8 Å². The predicted molar refractivity (Wildman–Crippen MR) is 150 cm³/mol. The third-order valence-corrected chi connectivity index (χ3v) is 6.15. The second kappa shape index (κ2) is 13.6. The number of amides is 1. The van der Waals surface area contributed by atoms with E-state index >= 15 is 4.39 Å². The fraction of sp³-hybridized carbons (Fsp3) is 0.345. The number of nitrogens with zero attached hydrogens (tertiary/aromatic N) is 3. The highest BCUT2D eigenvalue weighted by Crippen LogP contribution is 2.39. The third kappa shape index (κ3) is 8.25. The Kier molecular flexibility index (Phi) is 9.91. The summed E-state index contributed by atoms with van der Waals surface area (Å²) in [5.74, 6) is -1.00. The molecule has 1 amide bonds. The highest BCUT2D eigenvalue weighted by molar-refractivity contribution is 6.04. The molecule has 1 heterocycles. The highest BCUT2D eigenvalue weighted by Gasteiger charge is 2.30. The first-order valence-electron chi connectivity index (χ1n) is 13.1. The third-order valence-electron chi connectivity index (χ3n) is 6.15. The van der Waals surface area contributed by atoms with Crippen LogP contribution in [-0.4, -0.2) is 62.1 Å². The Labute approximate surface area is 244 Å². The number of hydrogen-bond donors (Lipinski definition) is 1. The number of allylic oxidation sites excluding steroid dienone is 1. The van der Waals surface area contributed by atoms with Crippen LogP contribution < -0.4 is 24.3 Å². The smallest absolute Gasteiger partial charge is 0.422 e. The highest BCUT2D eigenvalue weighted by atomic mass is 19.4. The minimum Gasteiger partial charge on any atom is -0.493 e. The molecule has 14 heteroatoms. The molecule has 2 aromatic carbocycles. The molecule has 0 atom stereocenters. The van der Waals surface area contributed by atoms with Crippen LogP contribution in [0.1, 0.15) is 35.8 Å². The maximum absolute atomic E-state index is 15.1. The van der Waals surface area contributed by atoms with E-state index in [0.717, 1.165) is 18.9 Å². The molecule has 4 rings (SSSR count). The van der Waals surface area contributed by atoms with Crippen LogP contribution in [0.2, 0.25) is 0 Å². The van der Waals surface area contributed by atoms with Crippen molar-refractivity contribution < 1.29 is 46.0 Å². The summed E-state index contributed by atoms with van der Waals surface area (Å²) in [7, 11) is 2.95. The molecule has 1 saturated carbocycles. The number of carbonyl (C=O) groups is 1. The van der Waals surface area contributed by atoms with Gasteiger partial charge in [-0.1, -0.05) is 0 Å². The minimum atomic E-state index is -4.64. The lowest BCUT2D eigenvalue weighted by atomic mass is 10.1. The normalized spacial score (nSPS) is 13.4. The van der Waals surface area contributed by atoms with E-state index in [0.29, 0.717) is 28.5 Å². The zero-order chi connectivity index (χ0) is 31.1. The quantitative estimate of drug-likeness (QED) is 0.133. The largest absolute Gasteiger partial charge is 0.493 e. The molecule has 1 N–H and O–H groups in total. The summed E-state index contributed by atoms with van der Waals surface area (Å²) in [6, 6.07) is 6.93. The van der Waals surface area contributed by atoms with Gasteiger partial charge in [0.25, 0.3) is 5.91 Å². The van der Waals surface area contributed by atoms with Crippen LogP contribution in [-0.2, 0) is 11.3 Å². The van der Waals surface area contributed by atoms with Crippen molar-refractivity contribution in [3.05, 3.63) is 59.7 Å². The molecule has 0 saturated heterocycles. The fourth-order valence-corrected chi connectivity index (χ4v) is 3.92. The number of methoxy groups -OCH3 is 2. The number of aliphatic imine (C=N–C) groups is 1. The molecule has 0 unspecified atom stereocenters. The van der Waals surface area contributed by atoms with E-state index in [-0.39, 0.29) is 30.7 Å². The molecule has 1 aliphatic rings. The van der Waals surface area contributed by atoms with E-state index in [1.165, 1.54) is 37.2 Å². The molecular weight excluding hydrogens is 576 g/mol. The fourth-order valence-electron chi connectivity index (χ4n) is 3.92. The predicted octanol–water partition coefficient (Wildman–Crippen LogP) is 6.18. The van der Waals surface area contributed by atoms with E-state index in [9.17, 15) is 18.0 Å². The number of nitrogens with one attached hydrogen (secondary N) is 1. The molecule has 0 radical (unpaired) electrons. The number of rotatable bonds is 14. The van der Waals surface area contributed by atoms with Gasteiger partial charge in [0.05, 0.1) is 51.0 Å². The van der Waals surface area contributed by atoms with Crippen LogP contribution >= 0.6 is 0 Å². The Bertz CT molecular complexity index is 1500. The van der Waals surface area contributed by atoms with Crippen LogP contribution in [0.3, 0.4) is 0 Å². The SMILES string of the molecule is C=Nc1cc(OC)c(OC)cc1/C(=C\C)Oc1ccc(NC(=O)c2nn(CCOC3CC3)cc2OCC(F)(F)F)c(F)c1. The van der Waals surface area contributed by atoms with E-state index in [2.05, 4.69) is 22.1 Å². The first-order chi connectivity index (χ1) is 20.5. The number of aromatic nitrogens is 2. The maximum Gasteiger partial charge on any atom is 0.422 e. The number of anilines is 1. The van der Waals surface area contributed by atoms with Crippen LogP contribution in [0.25, 0.3) is 5.76 Å². The molecular formula is C29H30F4N4O6. The van der Waals surface area contributed by atoms with Gasteiger partial charge in [0.2, 0.25) is 0 Å². The zero-order valence-corrected chi connectivity index (χ0v) is 23.7. The Hall–Kier alpha value is -4.59. The van der Waals surface area contributed by atoms with E-state index in [1.54, 1.807) is 25.1 Å². The van der Waals surface area contributed by atoms with Crippen molar-refractivity contribution in [2.75, 3.05) is 32.8 Å². The Morgan fingerprint density at radius 1 is 1.16 bits per heavy atom. The number of alkyl halides is 3. The first-order valence-corrected chi connectivity index (χ1v) is 13.1. The lowest BCUT2D eigenvalue weighted by Gasteiger charge is -2.16. The zero-order valence-electron chi connectivity index (χ0n) is 23.7. The van der Waals surface area contributed by atoms with Crippen molar-refractivity contribution in [1.82, 2.24) is 9.78 Å². The maximum atomic E-state index is 15.1. The standard InChI is InChI=1S/C29H30F4N4O6/c1-5-23(19-13-24(39-3)25(40-4)14-22(19)34-2)43-18-8-9-21(20(30)12-18)35-28(38)27-26(42-16-29(31,32)33)15-37(36-27)10-11-41-17-6-7-17/h5,8-9,12-15,17H,2,6-7,10-11,16H2,1,3-4H3,(H,35,38)/b23-5+. The summed E-state index contributed by atoms with van der Waals surface area (Å²) < 4.78 is 81.7. The Morgan fingerprint density at radius 3 is 2.49 bits per heavy atom. The second-order valence-electron chi connectivity index (χ2n) is 9.31. The van der Waals surface area contributed by atoms with Crippen molar-refractivity contribution in [1.29, 1.82) is 0 Å². The average molecular weight is 607 g/mol. The summed E-state index contributed by atoms with van der Waals surface area (Å²) in [6.07, 6.45) is 0.223. The van der Waals surface area contributed by atoms with Crippen molar-refractivity contribution in [2.24, 2.45) is 4.99 Å². The second-order valence-corrected chi connectivity index (χ2v) is 9.31. The van der Waals surface area contributed by atoms with Crippen LogP contribution in [0.4, 0.5) is 28.9 Å². The first kappa shape index (κ1) is 31.3. The van der Waals surface area contributed by atoms with Crippen molar-refractivity contribution in [2.45, 2.75) is 38.6 Å².